The smallest absolute Gasteiger partial charge is 0.305 e. The molecule has 0 aliphatic carbocycles. The zero-order valence-electron chi connectivity index (χ0n) is 8.99. The summed E-state index contributed by atoms with van der Waals surface area (Å²) in [6.07, 6.45) is 1.15. The highest BCUT2D eigenvalue weighted by atomic mass is 35.5. The molecule has 1 rings (SSSR count). The molecular formula is C12H17ClO2. The molecule has 0 aliphatic rings. The Kier molecular flexibility index (Phi) is 10.3. The fourth-order valence-corrected chi connectivity index (χ4v) is 0.963. The van der Waals surface area contributed by atoms with Crippen LogP contribution in [0, 0.1) is 0 Å². The van der Waals surface area contributed by atoms with Gasteiger partial charge in [0, 0.05) is 12.3 Å². The predicted molar refractivity (Wildman–Crippen MR) is 63.0 cm³/mol. The van der Waals surface area contributed by atoms with Crippen LogP contribution in [0.5, 0.6) is 0 Å². The summed E-state index contributed by atoms with van der Waals surface area (Å²) in [4.78, 5) is 10.5. The molecule has 0 saturated carbocycles. The van der Waals surface area contributed by atoms with E-state index in [1.807, 2.05) is 36.4 Å². The van der Waals surface area contributed by atoms with Gasteiger partial charge in [0.05, 0.1) is 6.61 Å². The van der Waals surface area contributed by atoms with Crippen molar-refractivity contribution in [3.63, 3.8) is 0 Å². The van der Waals surface area contributed by atoms with E-state index >= 15 is 0 Å². The molecule has 0 aliphatic heterocycles. The third-order valence-electron chi connectivity index (χ3n) is 1.49. The number of halogens is 1. The third-order valence-corrected chi connectivity index (χ3v) is 1.75. The van der Waals surface area contributed by atoms with Crippen molar-refractivity contribution in [3.8, 4) is 0 Å². The SMILES string of the molecule is CCOC(=O)CCCCl.c1ccccc1. The summed E-state index contributed by atoms with van der Waals surface area (Å²) >= 11 is 5.34. The number of hydrogen-bond donors (Lipinski definition) is 0. The number of rotatable bonds is 4. The van der Waals surface area contributed by atoms with Crippen LogP contribution in [0.25, 0.3) is 0 Å². The molecule has 84 valence electrons. The Morgan fingerprint density at radius 1 is 1.13 bits per heavy atom. The van der Waals surface area contributed by atoms with Crippen LogP contribution < -0.4 is 0 Å². The van der Waals surface area contributed by atoms with Gasteiger partial charge in [-0.15, -0.1) is 11.6 Å². The van der Waals surface area contributed by atoms with Crippen molar-refractivity contribution in [1.29, 1.82) is 0 Å². The summed E-state index contributed by atoms with van der Waals surface area (Å²) in [6, 6.07) is 12.0. The van der Waals surface area contributed by atoms with Crippen LogP contribution in [0.15, 0.2) is 36.4 Å². The molecule has 0 spiro atoms. The number of alkyl halides is 1. The van der Waals surface area contributed by atoms with Crippen molar-refractivity contribution >= 4 is 17.6 Å². The van der Waals surface area contributed by atoms with Gasteiger partial charge >= 0.3 is 5.97 Å². The van der Waals surface area contributed by atoms with Crippen LogP contribution in [0.4, 0.5) is 0 Å². The third kappa shape index (κ3) is 10.9. The van der Waals surface area contributed by atoms with Gasteiger partial charge in [-0.2, -0.15) is 0 Å². The number of hydrogen-bond acceptors (Lipinski definition) is 2. The molecule has 0 N–H and O–H groups in total. The monoisotopic (exact) mass is 228 g/mol. The van der Waals surface area contributed by atoms with Crippen LogP contribution in [0.1, 0.15) is 19.8 Å². The lowest BCUT2D eigenvalue weighted by Crippen LogP contribution is -2.03. The summed E-state index contributed by atoms with van der Waals surface area (Å²) in [6.45, 7) is 2.25. The second-order valence-electron chi connectivity index (χ2n) is 2.75. The quantitative estimate of drug-likeness (QED) is 0.584. The standard InChI is InChI=1S/C6H11ClO2.C6H6/c1-2-9-6(8)4-3-5-7;1-2-4-6-5-3-1/h2-5H2,1H3;1-6H. The van der Waals surface area contributed by atoms with E-state index in [-0.39, 0.29) is 5.97 Å². The first kappa shape index (κ1) is 14.0. The van der Waals surface area contributed by atoms with Crippen LogP contribution in [-0.2, 0) is 9.53 Å². The maximum absolute atomic E-state index is 10.5. The maximum atomic E-state index is 10.5. The Morgan fingerprint density at radius 3 is 1.93 bits per heavy atom. The van der Waals surface area contributed by atoms with E-state index in [4.69, 9.17) is 11.6 Å². The Balaban J connectivity index is 0.000000280. The van der Waals surface area contributed by atoms with E-state index < -0.39 is 0 Å². The topological polar surface area (TPSA) is 26.3 Å². The van der Waals surface area contributed by atoms with Gasteiger partial charge in [0.25, 0.3) is 0 Å². The molecule has 0 heterocycles. The maximum Gasteiger partial charge on any atom is 0.305 e. The van der Waals surface area contributed by atoms with E-state index in [1.165, 1.54) is 0 Å². The molecule has 1 aromatic rings. The minimum Gasteiger partial charge on any atom is -0.466 e. The molecule has 0 bridgehead atoms. The Labute approximate surface area is 96.2 Å². The van der Waals surface area contributed by atoms with Gasteiger partial charge in [-0.25, -0.2) is 0 Å². The van der Waals surface area contributed by atoms with Crippen LogP contribution >= 0.6 is 11.6 Å². The summed E-state index contributed by atoms with van der Waals surface area (Å²) in [5.41, 5.74) is 0. The van der Waals surface area contributed by atoms with E-state index in [0.29, 0.717) is 25.3 Å². The molecule has 3 heteroatoms. The fraction of sp³-hybridized carbons (Fsp3) is 0.417. The Bertz CT molecular complexity index is 210. The van der Waals surface area contributed by atoms with Crippen LogP contribution in [0.3, 0.4) is 0 Å². The second kappa shape index (κ2) is 11.1. The molecule has 0 radical (unpaired) electrons. The minimum atomic E-state index is -0.154. The van der Waals surface area contributed by atoms with E-state index in [1.54, 1.807) is 6.92 Å². The molecule has 0 aromatic heterocycles. The number of ether oxygens (including phenoxy) is 1. The Morgan fingerprint density at radius 2 is 1.60 bits per heavy atom. The zero-order chi connectivity index (χ0) is 11.4. The van der Waals surface area contributed by atoms with Gasteiger partial charge in [-0.3, -0.25) is 4.79 Å². The molecule has 0 amide bonds. The average Bonchev–Trinajstić information content (AvgIpc) is 2.30. The van der Waals surface area contributed by atoms with Crippen molar-refractivity contribution < 1.29 is 9.53 Å². The highest BCUT2D eigenvalue weighted by Crippen LogP contribution is 1.93. The normalized spacial score (nSPS) is 8.67. The molecule has 2 nitrogen and oxygen atoms in total. The summed E-state index contributed by atoms with van der Waals surface area (Å²) in [7, 11) is 0. The first-order valence-electron chi connectivity index (χ1n) is 5.02. The van der Waals surface area contributed by atoms with Crippen molar-refractivity contribution in [1.82, 2.24) is 0 Å². The fourth-order valence-electron chi connectivity index (χ4n) is 0.829. The number of carbonyl (C=O) groups is 1. The van der Waals surface area contributed by atoms with E-state index in [2.05, 4.69) is 4.74 Å². The molecule has 0 atom stereocenters. The predicted octanol–water partition coefficient (Wildman–Crippen LogP) is 3.26. The minimum absolute atomic E-state index is 0.154. The van der Waals surface area contributed by atoms with Gasteiger partial charge in [-0.05, 0) is 13.3 Å². The Hall–Kier alpha value is -1.02. The first-order chi connectivity index (χ1) is 7.31. The lowest BCUT2D eigenvalue weighted by atomic mass is 10.3. The largest absolute Gasteiger partial charge is 0.466 e. The second-order valence-corrected chi connectivity index (χ2v) is 3.13. The van der Waals surface area contributed by atoms with Crippen molar-refractivity contribution in [2.75, 3.05) is 12.5 Å². The summed E-state index contributed by atoms with van der Waals surface area (Å²) in [5.74, 6) is 0.372. The van der Waals surface area contributed by atoms with Crippen LogP contribution in [-0.4, -0.2) is 18.5 Å². The molecule has 15 heavy (non-hydrogen) atoms. The van der Waals surface area contributed by atoms with E-state index in [0.717, 1.165) is 0 Å². The lowest BCUT2D eigenvalue weighted by molar-refractivity contribution is -0.143. The number of benzene rings is 1. The van der Waals surface area contributed by atoms with Gasteiger partial charge < -0.3 is 4.74 Å². The molecular weight excluding hydrogens is 212 g/mol. The molecule has 0 unspecified atom stereocenters. The van der Waals surface area contributed by atoms with Crippen molar-refractivity contribution in [2.45, 2.75) is 19.8 Å². The van der Waals surface area contributed by atoms with Gasteiger partial charge in [0.15, 0.2) is 0 Å². The van der Waals surface area contributed by atoms with Gasteiger partial charge in [0.1, 0.15) is 0 Å². The zero-order valence-corrected chi connectivity index (χ0v) is 9.74. The summed E-state index contributed by atoms with van der Waals surface area (Å²) < 4.78 is 4.65. The van der Waals surface area contributed by atoms with E-state index in [9.17, 15) is 4.79 Å². The highest BCUT2D eigenvalue weighted by molar-refractivity contribution is 6.17. The molecule has 0 saturated heterocycles. The van der Waals surface area contributed by atoms with Gasteiger partial charge in [-0.1, -0.05) is 36.4 Å². The van der Waals surface area contributed by atoms with Crippen molar-refractivity contribution in [2.24, 2.45) is 0 Å². The highest BCUT2D eigenvalue weighted by Gasteiger charge is 1.98. The van der Waals surface area contributed by atoms with Gasteiger partial charge in [0.2, 0.25) is 0 Å². The lowest BCUT2D eigenvalue weighted by Gasteiger charge is -1.97. The molecule has 0 fully saturated rings. The number of carbonyl (C=O) groups excluding carboxylic acids is 1. The number of esters is 1. The average molecular weight is 229 g/mol. The van der Waals surface area contributed by atoms with Crippen LogP contribution in [0.2, 0.25) is 0 Å². The summed E-state index contributed by atoms with van der Waals surface area (Å²) in [5, 5.41) is 0. The van der Waals surface area contributed by atoms with Crippen molar-refractivity contribution in [3.05, 3.63) is 36.4 Å². The first-order valence-corrected chi connectivity index (χ1v) is 5.56. The molecule has 1 aromatic carbocycles.